The summed E-state index contributed by atoms with van der Waals surface area (Å²) in [6.45, 7) is 1.04. The van der Waals surface area contributed by atoms with E-state index in [9.17, 15) is 24.1 Å². The Hall–Kier alpha value is -2.00. The van der Waals surface area contributed by atoms with Gasteiger partial charge in [-0.25, -0.2) is 13.8 Å². The number of phenols is 1. The molecule has 0 spiro atoms. The van der Waals surface area contributed by atoms with Crippen molar-refractivity contribution in [3.8, 4) is 11.6 Å². The molecular weight excluding hydrogens is 394 g/mol. The number of aromatic hydroxyl groups is 1. The van der Waals surface area contributed by atoms with Crippen molar-refractivity contribution in [3.05, 3.63) is 53.2 Å². The quantitative estimate of drug-likeness (QED) is 0.694. The summed E-state index contributed by atoms with van der Waals surface area (Å²) < 4.78 is 32.3. The Morgan fingerprint density at radius 1 is 1.21 bits per heavy atom. The average Bonchev–Trinajstić information content (AvgIpc) is 2.66. The maximum absolute atomic E-state index is 13.9. The molecule has 0 aliphatic carbocycles. The van der Waals surface area contributed by atoms with E-state index in [1.807, 2.05) is 4.90 Å². The largest absolute Gasteiger partial charge is 0.505 e. The Kier molecular flexibility index (Phi) is 7.16. The van der Waals surface area contributed by atoms with Crippen molar-refractivity contribution in [3.63, 3.8) is 0 Å². The van der Waals surface area contributed by atoms with Crippen molar-refractivity contribution < 1.29 is 28.8 Å². The molecule has 1 saturated heterocycles. The van der Waals surface area contributed by atoms with Crippen LogP contribution >= 0.6 is 12.4 Å². The molecule has 9 heteroatoms. The second-order valence-electron chi connectivity index (χ2n) is 6.76. The number of benzene rings is 1. The minimum Gasteiger partial charge on any atom is -0.505 e. The number of halogens is 3. The maximum atomic E-state index is 13.9. The lowest BCUT2D eigenvalue weighted by Gasteiger charge is -2.39. The van der Waals surface area contributed by atoms with E-state index in [0.717, 1.165) is 6.07 Å². The molecule has 154 valence electrons. The number of ether oxygens (including phenoxy) is 1. The Morgan fingerprint density at radius 3 is 2.46 bits per heavy atom. The molecule has 3 rings (SSSR count). The van der Waals surface area contributed by atoms with Crippen LogP contribution in [0.3, 0.4) is 0 Å². The van der Waals surface area contributed by atoms with E-state index in [0.29, 0.717) is 43.4 Å². The van der Waals surface area contributed by atoms with E-state index < -0.39 is 29.1 Å². The summed E-state index contributed by atoms with van der Waals surface area (Å²) in [5, 5.41) is 30.3. The molecule has 1 aliphatic rings. The molecule has 1 atom stereocenters. The first-order valence-corrected chi connectivity index (χ1v) is 8.63. The van der Waals surface area contributed by atoms with Gasteiger partial charge >= 0.3 is 0 Å². The highest BCUT2D eigenvalue weighted by molar-refractivity contribution is 5.85. The highest BCUT2D eigenvalue weighted by atomic mass is 35.5. The molecule has 28 heavy (non-hydrogen) atoms. The second-order valence-corrected chi connectivity index (χ2v) is 6.76. The molecular formula is C19H23ClF2N2O4. The van der Waals surface area contributed by atoms with Crippen LogP contribution in [0.15, 0.2) is 30.5 Å². The Morgan fingerprint density at radius 2 is 1.89 bits per heavy atom. The van der Waals surface area contributed by atoms with E-state index in [2.05, 4.69) is 4.98 Å². The molecule has 6 nitrogen and oxygen atoms in total. The molecule has 1 aromatic carbocycles. The number of hydrogen-bond donors (Lipinski definition) is 3. The molecule has 2 heterocycles. The number of piperidine rings is 1. The molecule has 1 fully saturated rings. The van der Waals surface area contributed by atoms with Crippen molar-refractivity contribution in [1.82, 2.24) is 9.88 Å². The number of likely N-dealkylation sites (tertiary alicyclic amines) is 1. The van der Waals surface area contributed by atoms with Gasteiger partial charge in [0.2, 0.25) is 5.88 Å². The summed E-state index contributed by atoms with van der Waals surface area (Å²) >= 11 is 0. The highest BCUT2D eigenvalue weighted by Gasteiger charge is 2.35. The fourth-order valence-corrected chi connectivity index (χ4v) is 3.32. The van der Waals surface area contributed by atoms with Gasteiger partial charge in [0.1, 0.15) is 5.82 Å². The lowest BCUT2D eigenvalue weighted by molar-refractivity contribution is -0.0349. The van der Waals surface area contributed by atoms with Gasteiger partial charge in [-0.2, -0.15) is 0 Å². The number of β-amino-alcohol motifs (C(OH)–C–C–N with tert-alkyl or cyclic N) is 1. The third-order valence-corrected chi connectivity index (χ3v) is 5.02. The molecule has 0 saturated carbocycles. The molecule has 0 amide bonds. The van der Waals surface area contributed by atoms with Crippen LogP contribution in [0.4, 0.5) is 8.78 Å². The van der Waals surface area contributed by atoms with Crippen LogP contribution in [-0.4, -0.2) is 51.9 Å². The average molecular weight is 417 g/mol. The molecule has 3 N–H and O–H groups in total. The number of nitrogens with zero attached hydrogens (tertiary/aromatic N) is 2. The minimum atomic E-state index is -1.24. The molecule has 2 aromatic rings. The second kappa shape index (κ2) is 9.00. The van der Waals surface area contributed by atoms with Gasteiger partial charge in [0, 0.05) is 49.1 Å². The maximum Gasteiger partial charge on any atom is 0.212 e. The van der Waals surface area contributed by atoms with Crippen LogP contribution in [-0.2, 0) is 5.60 Å². The van der Waals surface area contributed by atoms with Gasteiger partial charge in [-0.3, -0.25) is 0 Å². The number of rotatable bonds is 5. The summed E-state index contributed by atoms with van der Waals surface area (Å²) in [5.74, 6) is -2.17. The third-order valence-electron chi connectivity index (χ3n) is 5.02. The fourth-order valence-electron chi connectivity index (χ4n) is 3.32. The molecule has 1 aliphatic heterocycles. The predicted molar refractivity (Wildman–Crippen MR) is 101 cm³/mol. The van der Waals surface area contributed by atoms with Crippen LogP contribution < -0.4 is 4.74 Å². The van der Waals surface area contributed by atoms with Crippen molar-refractivity contribution in [2.24, 2.45) is 0 Å². The van der Waals surface area contributed by atoms with Crippen LogP contribution in [0.2, 0.25) is 0 Å². The Bertz CT molecular complexity index is 799. The van der Waals surface area contributed by atoms with Crippen LogP contribution in [0.5, 0.6) is 11.6 Å². The van der Waals surface area contributed by atoms with Crippen molar-refractivity contribution >= 4 is 12.4 Å². The van der Waals surface area contributed by atoms with Crippen molar-refractivity contribution in [2.75, 3.05) is 26.7 Å². The fraction of sp³-hybridized carbons (Fsp3) is 0.421. The first-order valence-electron chi connectivity index (χ1n) is 8.63. The van der Waals surface area contributed by atoms with E-state index in [1.165, 1.54) is 7.11 Å². The van der Waals surface area contributed by atoms with Gasteiger partial charge in [0.05, 0.1) is 18.8 Å². The van der Waals surface area contributed by atoms with Crippen molar-refractivity contribution in [1.29, 1.82) is 0 Å². The summed E-state index contributed by atoms with van der Waals surface area (Å²) in [5.41, 5.74) is -0.544. The minimum absolute atomic E-state index is 0. The van der Waals surface area contributed by atoms with Gasteiger partial charge in [-0.05, 0) is 25.0 Å². The normalized spacial score (nSPS) is 17.6. The first-order chi connectivity index (χ1) is 12.8. The third kappa shape index (κ3) is 4.70. The lowest BCUT2D eigenvalue weighted by atomic mass is 9.85. The zero-order valence-electron chi connectivity index (χ0n) is 15.3. The molecule has 1 unspecified atom stereocenters. The molecule has 0 radical (unpaired) electrons. The number of pyridine rings is 1. The van der Waals surface area contributed by atoms with Crippen LogP contribution in [0, 0.1) is 11.6 Å². The summed E-state index contributed by atoms with van der Waals surface area (Å²) in [6.07, 6.45) is 1.17. The number of aliphatic hydroxyl groups is 2. The number of aliphatic hydroxyl groups excluding tert-OH is 1. The monoisotopic (exact) mass is 416 g/mol. The van der Waals surface area contributed by atoms with E-state index >= 15 is 0 Å². The molecule has 0 bridgehead atoms. The summed E-state index contributed by atoms with van der Waals surface area (Å²) in [6, 6.07) is 4.91. The first kappa shape index (κ1) is 22.3. The topological polar surface area (TPSA) is 86.1 Å². The van der Waals surface area contributed by atoms with Crippen LogP contribution in [0.25, 0.3) is 0 Å². The van der Waals surface area contributed by atoms with E-state index in [1.54, 1.807) is 18.3 Å². The zero-order valence-corrected chi connectivity index (χ0v) is 16.1. The highest BCUT2D eigenvalue weighted by Crippen LogP contribution is 2.34. The number of hydrogen-bond acceptors (Lipinski definition) is 6. The number of methoxy groups -OCH3 is 1. The van der Waals surface area contributed by atoms with Gasteiger partial charge in [0.25, 0.3) is 0 Å². The number of phenolic OH excluding ortho intramolecular Hbond substituents is 1. The number of aromatic nitrogens is 1. The summed E-state index contributed by atoms with van der Waals surface area (Å²) in [4.78, 5) is 5.99. The Balaban J connectivity index is 0.00000280. The Labute approximate surface area is 167 Å². The van der Waals surface area contributed by atoms with Gasteiger partial charge in [-0.15, -0.1) is 12.4 Å². The van der Waals surface area contributed by atoms with E-state index in [-0.39, 0.29) is 24.5 Å². The predicted octanol–water partition coefficient (Wildman–Crippen LogP) is 2.51. The summed E-state index contributed by atoms with van der Waals surface area (Å²) in [7, 11) is 1.52. The van der Waals surface area contributed by atoms with Gasteiger partial charge in [-0.1, -0.05) is 0 Å². The lowest BCUT2D eigenvalue weighted by Crippen LogP contribution is -2.44. The van der Waals surface area contributed by atoms with Crippen molar-refractivity contribution in [2.45, 2.75) is 24.5 Å². The SMILES string of the molecule is COc1ccc(C2(O)CCN(CC(O)c3cc(F)c(O)cc3F)CC2)cn1.Cl. The molecule has 1 aromatic heterocycles. The smallest absolute Gasteiger partial charge is 0.212 e. The standard InChI is InChI=1S/C19H22F2N2O4.ClH/c1-27-18-3-2-12(10-22-18)19(26)4-6-23(7-5-19)11-17(25)13-8-15(21)16(24)9-14(13)20;/h2-3,8-10,17,24-26H,4-7,11H2,1H3;1H. The van der Waals surface area contributed by atoms with E-state index in [4.69, 9.17) is 4.74 Å². The van der Waals surface area contributed by atoms with Crippen LogP contribution in [0.1, 0.15) is 30.1 Å². The zero-order chi connectivity index (χ0) is 19.6. The van der Waals surface area contributed by atoms with Gasteiger partial charge in [0.15, 0.2) is 11.6 Å². The van der Waals surface area contributed by atoms with Gasteiger partial charge < -0.3 is 25.0 Å².